The highest BCUT2D eigenvalue weighted by Gasteiger charge is 2.47. The van der Waals surface area contributed by atoms with E-state index in [-0.39, 0.29) is 12.1 Å². The third-order valence-electron chi connectivity index (χ3n) is 7.89. The van der Waals surface area contributed by atoms with Gasteiger partial charge in [-0.15, -0.1) is 0 Å². The van der Waals surface area contributed by atoms with E-state index in [4.69, 9.17) is 19.7 Å². The van der Waals surface area contributed by atoms with Crippen molar-refractivity contribution in [1.82, 2.24) is 15.0 Å². The molecule has 5 aromatic carbocycles. The minimum atomic E-state index is -0.143. The summed E-state index contributed by atoms with van der Waals surface area (Å²) in [6, 6.07) is 44.4. The first kappa shape index (κ1) is 24.0. The van der Waals surface area contributed by atoms with Crippen molar-refractivity contribution in [2.45, 2.75) is 12.1 Å². The summed E-state index contributed by atoms with van der Waals surface area (Å²) in [5.41, 5.74) is 7.18. The number of hydrogen-bond donors (Lipinski definition) is 0. The molecule has 6 nitrogen and oxygen atoms in total. The fourth-order valence-corrected chi connectivity index (χ4v) is 5.99. The molecule has 8 rings (SSSR count). The Balaban J connectivity index is 1.27. The van der Waals surface area contributed by atoms with E-state index in [0.29, 0.717) is 23.0 Å². The van der Waals surface area contributed by atoms with Gasteiger partial charge in [-0.2, -0.15) is 5.26 Å². The van der Waals surface area contributed by atoms with E-state index in [1.807, 2.05) is 109 Å². The summed E-state index contributed by atoms with van der Waals surface area (Å²) in [6.45, 7) is 0. The third-order valence-corrected chi connectivity index (χ3v) is 7.89. The molecule has 42 heavy (non-hydrogen) atoms. The Morgan fingerprint density at radius 3 is 1.81 bits per heavy atom. The lowest BCUT2D eigenvalue weighted by Crippen LogP contribution is -2.21. The maximum absolute atomic E-state index is 10.4. The molecule has 2 unspecified atom stereocenters. The zero-order chi connectivity index (χ0) is 28.0. The number of anilines is 2. The standard InChI is InChI=1S/C36H23N5O/c37-22-26-21-25(36-39-34(23-11-3-1-4-12-23)38-35(40-36)24-13-5-2-6-14-24)19-20-29(26)41-30-17-9-7-15-27(30)33-32(41)28-16-8-10-18-31(28)42-33/h1-21,32-33H. The van der Waals surface area contributed by atoms with Crippen molar-refractivity contribution < 1.29 is 4.74 Å². The quantitative estimate of drug-likeness (QED) is 0.225. The van der Waals surface area contributed by atoms with E-state index in [1.54, 1.807) is 0 Å². The van der Waals surface area contributed by atoms with Crippen LogP contribution in [0.3, 0.4) is 0 Å². The second kappa shape index (κ2) is 9.69. The van der Waals surface area contributed by atoms with Crippen molar-refractivity contribution >= 4 is 11.4 Å². The van der Waals surface area contributed by atoms with Crippen LogP contribution >= 0.6 is 0 Å². The van der Waals surface area contributed by atoms with Crippen LogP contribution < -0.4 is 9.64 Å². The van der Waals surface area contributed by atoms with Crippen LogP contribution in [0.15, 0.2) is 127 Å². The summed E-state index contributed by atoms with van der Waals surface area (Å²) in [7, 11) is 0. The molecule has 1 aromatic heterocycles. The van der Waals surface area contributed by atoms with E-state index in [1.165, 1.54) is 0 Å². The SMILES string of the molecule is N#Cc1cc(-c2nc(-c3ccccc3)nc(-c3ccccc3)n2)ccc1N1c2ccccc2C2Oc3ccccc3C21. The molecule has 0 N–H and O–H groups in total. The Labute approximate surface area is 243 Å². The number of nitriles is 1. The van der Waals surface area contributed by atoms with Gasteiger partial charge in [-0.25, -0.2) is 15.0 Å². The van der Waals surface area contributed by atoms with Crippen LogP contribution in [0.2, 0.25) is 0 Å². The van der Waals surface area contributed by atoms with Gasteiger partial charge in [0.25, 0.3) is 0 Å². The van der Waals surface area contributed by atoms with Gasteiger partial charge in [0.05, 0.1) is 11.3 Å². The molecule has 2 aliphatic rings. The van der Waals surface area contributed by atoms with Gasteiger partial charge in [0.2, 0.25) is 0 Å². The van der Waals surface area contributed by atoms with Crippen LogP contribution in [0.4, 0.5) is 11.4 Å². The smallest absolute Gasteiger partial charge is 0.164 e. The van der Waals surface area contributed by atoms with Crippen LogP contribution in [-0.4, -0.2) is 15.0 Å². The molecule has 0 saturated heterocycles. The van der Waals surface area contributed by atoms with Crippen LogP contribution in [0.5, 0.6) is 5.75 Å². The largest absolute Gasteiger partial charge is 0.483 e. The van der Waals surface area contributed by atoms with Gasteiger partial charge in [-0.05, 0) is 30.3 Å². The lowest BCUT2D eigenvalue weighted by atomic mass is 10.0. The highest BCUT2D eigenvalue weighted by atomic mass is 16.5. The summed E-state index contributed by atoms with van der Waals surface area (Å²) >= 11 is 0. The number of para-hydroxylation sites is 2. The van der Waals surface area contributed by atoms with Gasteiger partial charge < -0.3 is 9.64 Å². The molecule has 6 heteroatoms. The molecule has 0 saturated carbocycles. The molecular weight excluding hydrogens is 518 g/mol. The first-order chi connectivity index (χ1) is 20.8. The van der Waals surface area contributed by atoms with Crippen molar-refractivity contribution in [3.63, 3.8) is 0 Å². The van der Waals surface area contributed by atoms with Gasteiger partial charge in [0.1, 0.15) is 17.9 Å². The van der Waals surface area contributed by atoms with Gasteiger partial charge in [0, 0.05) is 33.5 Å². The molecule has 0 amide bonds. The second-order valence-corrected chi connectivity index (χ2v) is 10.3. The van der Waals surface area contributed by atoms with Crippen molar-refractivity contribution in [1.29, 1.82) is 5.26 Å². The fraction of sp³-hybridized carbons (Fsp3) is 0.0556. The lowest BCUT2D eigenvalue weighted by Gasteiger charge is -2.27. The molecule has 2 atom stereocenters. The van der Waals surface area contributed by atoms with Crippen LogP contribution in [0, 0.1) is 11.3 Å². The molecule has 2 aliphatic heterocycles. The van der Waals surface area contributed by atoms with Crippen molar-refractivity contribution in [2.75, 3.05) is 4.90 Å². The number of benzene rings is 5. The topological polar surface area (TPSA) is 74.9 Å². The van der Waals surface area contributed by atoms with Gasteiger partial charge in [0.15, 0.2) is 23.6 Å². The molecule has 198 valence electrons. The number of ether oxygens (including phenoxy) is 1. The highest BCUT2D eigenvalue weighted by molar-refractivity contribution is 5.80. The maximum Gasteiger partial charge on any atom is 0.164 e. The minimum Gasteiger partial charge on any atom is -0.483 e. The molecule has 0 fully saturated rings. The lowest BCUT2D eigenvalue weighted by molar-refractivity contribution is 0.223. The molecule has 0 bridgehead atoms. The predicted molar refractivity (Wildman–Crippen MR) is 162 cm³/mol. The zero-order valence-electron chi connectivity index (χ0n) is 22.4. The van der Waals surface area contributed by atoms with E-state index < -0.39 is 0 Å². The molecule has 0 spiro atoms. The monoisotopic (exact) mass is 541 g/mol. The average Bonchev–Trinajstić information content (AvgIpc) is 3.60. The summed E-state index contributed by atoms with van der Waals surface area (Å²) in [6.07, 6.45) is -0.143. The first-order valence-corrected chi connectivity index (χ1v) is 13.8. The van der Waals surface area contributed by atoms with Crippen LogP contribution in [-0.2, 0) is 0 Å². The molecular formula is C36H23N5O. The summed E-state index contributed by atoms with van der Waals surface area (Å²) in [5, 5.41) is 10.4. The Morgan fingerprint density at radius 1 is 0.571 bits per heavy atom. The number of aromatic nitrogens is 3. The molecule has 0 radical (unpaired) electrons. The van der Waals surface area contributed by atoms with Gasteiger partial charge in [-0.3, -0.25) is 0 Å². The predicted octanol–water partition coefficient (Wildman–Crippen LogP) is 8.07. The molecule has 3 heterocycles. The number of rotatable bonds is 4. The Hall–Kier alpha value is -5.80. The third kappa shape index (κ3) is 3.83. The van der Waals surface area contributed by atoms with E-state index >= 15 is 0 Å². The highest BCUT2D eigenvalue weighted by Crippen LogP contribution is 2.58. The normalized spacial score (nSPS) is 16.2. The van der Waals surface area contributed by atoms with Gasteiger partial charge >= 0.3 is 0 Å². The molecule has 6 aromatic rings. The zero-order valence-corrected chi connectivity index (χ0v) is 22.4. The minimum absolute atomic E-state index is 0.0666. The average molecular weight is 542 g/mol. The summed E-state index contributed by atoms with van der Waals surface area (Å²) in [5.74, 6) is 2.56. The second-order valence-electron chi connectivity index (χ2n) is 10.3. The number of nitrogens with zero attached hydrogens (tertiary/aromatic N) is 5. The summed E-state index contributed by atoms with van der Waals surface area (Å²) in [4.78, 5) is 16.7. The van der Waals surface area contributed by atoms with E-state index in [0.717, 1.165) is 44.9 Å². The van der Waals surface area contributed by atoms with Crippen molar-refractivity contribution in [3.05, 3.63) is 144 Å². The maximum atomic E-state index is 10.4. The van der Waals surface area contributed by atoms with Crippen LogP contribution in [0.1, 0.15) is 28.8 Å². The Bertz CT molecular complexity index is 1940. The van der Waals surface area contributed by atoms with E-state index in [9.17, 15) is 5.26 Å². The number of fused-ring (bicyclic) bond motifs is 5. The first-order valence-electron chi connectivity index (χ1n) is 13.8. The van der Waals surface area contributed by atoms with Gasteiger partial charge in [-0.1, -0.05) is 97.1 Å². The van der Waals surface area contributed by atoms with E-state index in [2.05, 4.69) is 29.2 Å². The molecule has 0 aliphatic carbocycles. The Kier molecular flexibility index (Phi) is 5.54. The fourth-order valence-electron chi connectivity index (χ4n) is 5.99. The van der Waals surface area contributed by atoms with Crippen molar-refractivity contribution in [3.8, 4) is 46.0 Å². The van der Waals surface area contributed by atoms with Crippen LogP contribution in [0.25, 0.3) is 34.2 Å². The van der Waals surface area contributed by atoms with Crippen molar-refractivity contribution in [2.24, 2.45) is 0 Å². The Morgan fingerprint density at radius 2 is 1.14 bits per heavy atom. The number of hydrogen-bond acceptors (Lipinski definition) is 6. The summed E-state index contributed by atoms with van der Waals surface area (Å²) < 4.78 is 6.43.